The van der Waals surface area contributed by atoms with Gasteiger partial charge in [-0.1, -0.05) is 230 Å². The number of esters is 1. The third-order valence-electron chi connectivity index (χ3n) is 12.7. The maximum atomic E-state index is 12.4. The summed E-state index contributed by atoms with van der Waals surface area (Å²) in [5.74, 6) is -0.0816. The summed E-state index contributed by atoms with van der Waals surface area (Å²) >= 11 is 0. The Balaban J connectivity index is 3.48. The minimum absolute atomic E-state index is 0.0165. The zero-order chi connectivity index (χ0) is 45.8. The first-order valence-electron chi connectivity index (χ1n) is 27.7. The molecule has 3 N–H and O–H groups in total. The molecule has 0 saturated carbocycles. The summed E-state index contributed by atoms with van der Waals surface area (Å²) in [6.07, 6.45) is 64.1. The Hall–Kier alpha value is -1.92. The highest BCUT2D eigenvalue weighted by atomic mass is 16.5. The molecule has 2 unspecified atom stereocenters. The molecular formula is C57H107NO5. The summed E-state index contributed by atoms with van der Waals surface area (Å²) in [5.41, 5.74) is 0. The van der Waals surface area contributed by atoms with Crippen LogP contribution in [0.15, 0.2) is 36.5 Å². The number of allylic oxidation sites excluding steroid dienone is 6. The van der Waals surface area contributed by atoms with Gasteiger partial charge in [-0.05, 0) is 83.5 Å². The zero-order valence-corrected chi connectivity index (χ0v) is 42.1. The van der Waals surface area contributed by atoms with Crippen molar-refractivity contribution in [3.8, 4) is 0 Å². The van der Waals surface area contributed by atoms with Crippen molar-refractivity contribution in [2.45, 2.75) is 302 Å². The molecular weight excluding hydrogens is 779 g/mol. The van der Waals surface area contributed by atoms with E-state index in [1.807, 2.05) is 0 Å². The average Bonchev–Trinajstić information content (AvgIpc) is 3.28. The molecule has 0 aliphatic carbocycles. The normalized spacial score (nSPS) is 12.9. The smallest absolute Gasteiger partial charge is 0.305 e. The predicted molar refractivity (Wildman–Crippen MR) is 273 cm³/mol. The second-order valence-electron chi connectivity index (χ2n) is 18.9. The number of ether oxygens (including phenoxy) is 1. The molecule has 1 amide bonds. The van der Waals surface area contributed by atoms with E-state index in [9.17, 15) is 19.8 Å². The number of aliphatic hydroxyl groups excluding tert-OH is 2. The lowest BCUT2D eigenvalue weighted by atomic mass is 10.0. The number of aliphatic hydroxyl groups is 2. The van der Waals surface area contributed by atoms with Crippen LogP contribution in [0.2, 0.25) is 0 Å². The summed E-state index contributed by atoms with van der Waals surface area (Å²) < 4.78 is 5.47. The van der Waals surface area contributed by atoms with E-state index in [1.54, 1.807) is 0 Å². The second-order valence-corrected chi connectivity index (χ2v) is 18.9. The third kappa shape index (κ3) is 49.4. The Morgan fingerprint density at radius 2 is 0.794 bits per heavy atom. The molecule has 0 aliphatic rings. The molecule has 0 rings (SSSR count). The number of amides is 1. The number of carbonyl (C=O) groups excluding carboxylic acids is 2. The first kappa shape index (κ1) is 61.1. The van der Waals surface area contributed by atoms with Gasteiger partial charge in [0.15, 0.2) is 0 Å². The molecule has 0 aromatic rings. The van der Waals surface area contributed by atoms with Crippen LogP contribution in [-0.2, 0) is 14.3 Å². The summed E-state index contributed by atoms with van der Waals surface area (Å²) in [4.78, 5) is 24.5. The monoisotopic (exact) mass is 886 g/mol. The SMILES string of the molecule is CCCCC/C=C\C/C=C\CCCCCCCCCCCC(=O)OCCCCCCCC/C=C\CCCCCC(=O)NC(CO)C(O)CCCCCCCCCCCCCCCC. The number of rotatable bonds is 51. The van der Waals surface area contributed by atoms with Crippen molar-refractivity contribution in [1.29, 1.82) is 0 Å². The Bertz CT molecular complexity index is 1020. The average molecular weight is 886 g/mol. The standard InChI is InChI=1S/C57H107NO5/c1-3-5-7-9-11-13-15-17-19-20-21-22-23-27-31-35-39-43-47-51-57(62)63-52-48-44-40-36-32-28-24-26-30-34-38-42-46-50-56(61)58-54(53-59)55(60)49-45-41-37-33-29-25-18-16-14-12-10-8-6-4-2/h11,13,17,19,26,30,54-55,59-60H,3-10,12,14-16,18,20-25,27-29,31-53H2,1-2H3,(H,58,61)/b13-11-,19-17-,30-26-. The molecule has 0 bridgehead atoms. The first-order valence-corrected chi connectivity index (χ1v) is 27.7. The van der Waals surface area contributed by atoms with Crippen LogP contribution in [-0.4, -0.2) is 47.4 Å². The maximum Gasteiger partial charge on any atom is 0.305 e. The minimum atomic E-state index is -0.681. The van der Waals surface area contributed by atoms with Gasteiger partial charge in [-0.15, -0.1) is 0 Å². The van der Waals surface area contributed by atoms with Gasteiger partial charge < -0.3 is 20.3 Å². The lowest BCUT2D eigenvalue weighted by Gasteiger charge is -2.22. The Morgan fingerprint density at radius 1 is 0.444 bits per heavy atom. The lowest BCUT2D eigenvalue weighted by molar-refractivity contribution is -0.143. The molecule has 6 nitrogen and oxygen atoms in total. The lowest BCUT2D eigenvalue weighted by Crippen LogP contribution is -2.45. The highest BCUT2D eigenvalue weighted by Gasteiger charge is 2.20. The topological polar surface area (TPSA) is 95.9 Å². The Kier molecular flexibility index (Phi) is 51.1. The minimum Gasteiger partial charge on any atom is -0.466 e. The van der Waals surface area contributed by atoms with Gasteiger partial charge in [-0.3, -0.25) is 9.59 Å². The fourth-order valence-electron chi connectivity index (χ4n) is 8.37. The quantitative estimate of drug-likeness (QED) is 0.0321. The molecule has 0 saturated heterocycles. The largest absolute Gasteiger partial charge is 0.466 e. The van der Waals surface area contributed by atoms with Crippen LogP contribution in [0.5, 0.6) is 0 Å². The molecule has 2 atom stereocenters. The molecule has 0 radical (unpaired) electrons. The Morgan fingerprint density at radius 3 is 1.27 bits per heavy atom. The highest BCUT2D eigenvalue weighted by Crippen LogP contribution is 2.16. The number of hydrogen-bond donors (Lipinski definition) is 3. The number of unbranched alkanes of at least 4 members (excludes halogenated alkanes) is 34. The second kappa shape index (κ2) is 52.7. The van der Waals surface area contributed by atoms with Gasteiger partial charge >= 0.3 is 5.97 Å². The summed E-state index contributed by atoms with van der Waals surface area (Å²) in [6, 6.07) is -0.562. The van der Waals surface area contributed by atoms with Crippen molar-refractivity contribution in [2.24, 2.45) is 0 Å². The van der Waals surface area contributed by atoms with Crippen LogP contribution in [0, 0.1) is 0 Å². The molecule has 0 spiro atoms. The van der Waals surface area contributed by atoms with Gasteiger partial charge in [0.25, 0.3) is 0 Å². The summed E-state index contributed by atoms with van der Waals surface area (Å²) in [5, 5.41) is 23.2. The van der Waals surface area contributed by atoms with Gasteiger partial charge in [0.2, 0.25) is 5.91 Å². The zero-order valence-electron chi connectivity index (χ0n) is 42.1. The third-order valence-corrected chi connectivity index (χ3v) is 12.7. The van der Waals surface area contributed by atoms with Gasteiger partial charge in [-0.2, -0.15) is 0 Å². The van der Waals surface area contributed by atoms with E-state index in [-0.39, 0.29) is 18.5 Å². The van der Waals surface area contributed by atoms with E-state index < -0.39 is 12.1 Å². The molecule has 370 valence electrons. The van der Waals surface area contributed by atoms with E-state index in [0.717, 1.165) is 77.0 Å². The van der Waals surface area contributed by atoms with E-state index in [0.29, 0.717) is 25.9 Å². The van der Waals surface area contributed by atoms with Gasteiger partial charge in [-0.25, -0.2) is 0 Å². The van der Waals surface area contributed by atoms with Crippen molar-refractivity contribution >= 4 is 11.9 Å². The van der Waals surface area contributed by atoms with Crippen molar-refractivity contribution in [3.63, 3.8) is 0 Å². The number of carbonyl (C=O) groups is 2. The summed E-state index contributed by atoms with van der Waals surface area (Å²) in [6.45, 7) is 4.89. The van der Waals surface area contributed by atoms with Crippen LogP contribution in [0.1, 0.15) is 290 Å². The van der Waals surface area contributed by atoms with Gasteiger partial charge in [0.1, 0.15) is 0 Å². The fraction of sp³-hybridized carbons (Fsp3) is 0.860. The van der Waals surface area contributed by atoms with Crippen LogP contribution in [0.4, 0.5) is 0 Å². The predicted octanol–water partition coefficient (Wildman–Crippen LogP) is 16.9. The molecule has 0 heterocycles. The van der Waals surface area contributed by atoms with E-state index in [4.69, 9.17) is 4.74 Å². The van der Waals surface area contributed by atoms with Gasteiger partial charge in [0.05, 0.1) is 25.4 Å². The molecule has 0 aromatic heterocycles. The van der Waals surface area contributed by atoms with Crippen molar-refractivity contribution in [2.75, 3.05) is 13.2 Å². The highest BCUT2D eigenvalue weighted by molar-refractivity contribution is 5.76. The van der Waals surface area contributed by atoms with E-state index >= 15 is 0 Å². The van der Waals surface area contributed by atoms with Crippen LogP contribution < -0.4 is 5.32 Å². The molecule has 0 aromatic carbocycles. The van der Waals surface area contributed by atoms with Crippen molar-refractivity contribution in [3.05, 3.63) is 36.5 Å². The molecule has 0 fully saturated rings. The van der Waals surface area contributed by atoms with Gasteiger partial charge in [0, 0.05) is 12.8 Å². The van der Waals surface area contributed by atoms with Crippen molar-refractivity contribution in [1.82, 2.24) is 5.32 Å². The first-order chi connectivity index (χ1) is 31.0. The number of nitrogens with one attached hydrogen (secondary N) is 1. The maximum absolute atomic E-state index is 12.4. The van der Waals surface area contributed by atoms with E-state index in [2.05, 4.69) is 55.6 Å². The summed E-state index contributed by atoms with van der Waals surface area (Å²) in [7, 11) is 0. The van der Waals surface area contributed by atoms with Crippen LogP contribution in [0.25, 0.3) is 0 Å². The molecule has 63 heavy (non-hydrogen) atoms. The Labute approximate surface area is 392 Å². The molecule has 6 heteroatoms. The van der Waals surface area contributed by atoms with Crippen LogP contribution >= 0.6 is 0 Å². The van der Waals surface area contributed by atoms with E-state index in [1.165, 1.54) is 180 Å². The number of hydrogen-bond acceptors (Lipinski definition) is 5. The fourth-order valence-corrected chi connectivity index (χ4v) is 8.37. The molecule has 0 aliphatic heterocycles. The van der Waals surface area contributed by atoms with Crippen molar-refractivity contribution < 1.29 is 24.5 Å². The van der Waals surface area contributed by atoms with Crippen LogP contribution in [0.3, 0.4) is 0 Å².